The Hall–Kier alpha value is -1.86. The van der Waals surface area contributed by atoms with Crippen molar-refractivity contribution in [3.05, 3.63) is 24.3 Å². The van der Waals surface area contributed by atoms with Gasteiger partial charge in [0, 0.05) is 25.7 Å². The van der Waals surface area contributed by atoms with Crippen molar-refractivity contribution in [1.29, 1.82) is 0 Å². The zero-order valence-corrected chi connectivity index (χ0v) is 14.2. The minimum absolute atomic E-state index is 0.220. The standard InChI is InChI=1S/C16H24N4O2S/c1-2-22-16(21)20-9-7-12(8-10-20)18-11-15(23)19-14-6-4-3-5-13(14)17/h3-6,12,18H,2,7-11,17H2,1H3,(H,19,23). The number of carbonyl (C=O) groups excluding carboxylic acids is 1. The lowest BCUT2D eigenvalue weighted by Crippen LogP contribution is -2.46. The molecule has 0 atom stereocenters. The Labute approximate surface area is 142 Å². The molecule has 2 rings (SSSR count). The van der Waals surface area contributed by atoms with Crippen LogP contribution >= 0.6 is 12.2 Å². The Balaban J connectivity index is 1.70. The topological polar surface area (TPSA) is 79.6 Å². The minimum atomic E-state index is -0.220. The van der Waals surface area contributed by atoms with Gasteiger partial charge in [-0.15, -0.1) is 0 Å². The first-order valence-electron chi connectivity index (χ1n) is 7.89. The fourth-order valence-corrected chi connectivity index (χ4v) is 2.72. The number of hydrogen-bond acceptors (Lipinski definition) is 5. The molecule has 0 saturated carbocycles. The summed E-state index contributed by atoms with van der Waals surface area (Å²) in [5.41, 5.74) is 7.39. The molecule has 1 aromatic carbocycles. The maximum Gasteiger partial charge on any atom is 0.409 e. The van der Waals surface area contributed by atoms with Crippen LogP contribution in [0.4, 0.5) is 16.2 Å². The molecule has 126 valence electrons. The van der Waals surface area contributed by atoms with E-state index < -0.39 is 0 Å². The molecule has 1 saturated heterocycles. The SMILES string of the molecule is CCOC(=O)N1CCC(NCC(=S)Nc2ccccc2N)CC1. The first-order valence-corrected chi connectivity index (χ1v) is 8.30. The van der Waals surface area contributed by atoms with Crippen molar-refractivity contribution in [3.8, 4) is 0 Å². The summed E-state index contributed by atoms with van der Waals surface area (Å²) in [5, 5.41) is 6.58. The molecule has 1 fully saturated rings. The van der Waals surface area contributed by atoms with Gasteiger partial charge in [0.2, 0.25) is 0 Å². The molecular weight excluding hydrogens is 312 g/mol. The highest BCUT2D eigenvalue weighted by molar-refractivity contribution is 7.80. The fourth-order valence-electron chi connectivity index (χ4n) is 2.52. The van der Waals surface area contributed by atoms with Gasteiger partial charge in [-0.3, -0.25) is 0 Å². The summed E-state index contributed by atoms with van der Waals surface area (Å²) < 4.78 is 5.02. The molecule has 0 radical (unpaired) electrons. The van der Waals surface area contributed by atoms with E-state index in [4.69, 9.17) is 22.7 Å². The molecule has 6 nitrogen and oxygen atoms in total. The van der Waals surface area contributed by atoms with Gasteiger partial charge in [0.1, 0.15) is 0 Å². The number of benzene rings is 1. The summed E-state index contributed by atoms with van der Waals surface area (Å²) in [5.74, 6) is 0. The van der Waals surface area contributed by atoms with Crippen molar-refractivity contribution < 1.29 is 9.53 Å². The molecule has 4 N–H and O–H groups in total. The number of ether oxygens (including phenoxy) is 1. The van der Waals surface area contributed by atoms with Gasteiger partial charge in [-0.1, -0.05) is 24.4 Å². The number of amides is 1. The molecule has 0 spiro atoms. The molecule has 1 heterocycles. The minimum Gasteiger partial charge on any atom is -0.450 e. The van der Waals surface area contributed by atoms with Crippen LogP contribution in [0.3, 0.4) is 0 Å². The number of thiocarbonyl (C=S) groups is 1. The van der Waals surface area contributed by atoms with Gasteiger partial charge in [0.05, 0.1) is 23.0 Å². The van der Waals surface area contributed by atoms with E-state index in [2.05, 4.69) is 10.6 Å². The lowest BCUT2D eigenvalue weighted by molar-refractivity contribution is 0.0954. The molecule has 0 aliphatic carbocycles. The number of piperidine rings is 1. The first-order chi connectivity index (χ1) is 11.1. The normalized spacial score (nSPS) is 15.3. The monoisotopic (exact) mass is 336 g/mol. The molecule has 1 amide bonds. The first kappa shape index (κ1) is 17.5. The van der Waals surface area contributed by atoms with Crippen LogP contribution in [-0.4, -0.2) is 48.3 Å². The van der Waals surface area contributed by atoms with E-state index in [9.17, 15) is 4.79 Å². The van der Waals surface area contributed by atoms with Crippen LogP contribution in [0.25, 0.3) is 0 Å². The summed E-state index contributed by atoms with van der Waals surface area (Å²) in [6.45, 7) is 4.25. The number of rotatable bonds is 5. The molecular formula is C16H24N4O2S. The van der Waals surface area contributed by atoms with Crippen molar-refractivity contribution in [2.75, 3.05) is 37.3 Å². The number of nitrogens with two attached hydrogens (primary N) is 1. The molecule has 1 aliphatic heterocycles. The molecule has 23 heavy (non-hydrogen) atoms. The number of nitrogen functional groups attached to an aromatic ring is 1. The Morgan fingerprint density at radius 1 is 1.39 bits per heavy atom. The van der Waals surface area contributed by atoms with Gasteiger partial charge in [-0.05, 0) is 31.9 Å². The van der Waals surface area contributed by atoms with Crippen LogP contribution in [0.1, 0.15) is 19.8 Å². The van der Waals surface area contributed by atoms with E-state index in [0.29, 0.717) is 43.0 Å². The van der Waals surface area contributed by atoms with Crippen LogP contribution < -0.4 is 16.4 Å². The lowest BCUT2D eigenvalue weighted by Gasteiger charge is -2.31. The van der Waals surface area contributed by atoms with E-state index >= 15 is 0 Å². The van der Waals surface area contributed by atoms with E-state index in [1.54, 1.807) is 4.90 Å². The van der Waals surface area contributed by atoms with Gasteiger partial charge < -0.3 is 26.0 Å². The highest BCUT2D eigenvalue weighted by Gasteiger charge is 2.23. The van der Waals surface area contributed by atoms with Crippen molar-refractivity contribution in [1.82, 2.24) is 10.2 Å². The van der Waals surface area contributed by atoms with Crippen LogP contribution in [-0.2, 0) is 4.74 Å². The van der Waals surface area contributed by atoms with Gasteiger partial charge >= 0.3 is 6.09 Å². The average molecular weight is 336 g/mol. The number of nitrogens with zero attached hydrogens (tertiary/aromatic N) is 1. The summed E-state index contributed by atoms with van der Waals surface area (Å²) in [4.78, 5) is 14.1. The molecule has 0 aromatic heterocycles. The highest BCUT2D eigenvalue weighted by atomic mass is 32.1. The second-order valence-electron chi connectivity index (χ2n) is 5.48. The average Bonchev–Trinajstić information content (AvgIpc) is 2.56. The van der Waals surface area contributed by atoms with E-state index in [1.807, 2.05) is 31.2 Å². The van der Waals surface area contributed by atoms with Crippen molar-refractivity contribution in [2.45, 2.75) is 25.8 Å². The zero-order valence-electron chi connectivity index (χ0n) is 13.4. The third kappa shape index (κ3) is 5.37. The van der Waals surface area contributed by atoms with Crippen LogP contribution in [0.2, 0.25) is 0 Å². The van der Waals surface area contributed by atoms with Gasteiger partial charge in [0.25, 0.3) is 0 Å². The largest absolute Gasteiger partial charge is 0.450 e. The van der Waals surface area contributed by atoms with Gasteiger partial charge in [0.15, 0.2) is 0 Å². The Morgan fingerprint density at radius 3 is 2.74 bits per heavy atom. The van der Waals surface area contributed by atoms with Gasteiger partial charge in [-0.2, -0.15) is 0 Å². The Bertz CT molecular complexity index is 545. The van der Waals surface area contributed by atoms with E-state index in [0.717, 1.165) is 18.5 Å². The van der Waals surface area contributed by atoms with Crippen LogP contribution in [0.15, 0.2) is 24.3 Å². The number of nitrogens with one attached hydrogen (secondary N) is 2. The fraction of sp³-hybridized carbons (Fsp3) is 0.500. The van der Waals surface area contributed by atoms with E-state index in [-0.39, 0.29) is 6.09 Å². The van der Waals surface area contributed by atoms with Crippen molar-refractivity contribution in [3.63, 3.8) is 0 Å². The maximum absolute atomic E-state index is 11.6. The lowest BCUT2D eigenvalue weighted by atomic mass is 10.1. The Kier molecular flexibility index (Phi) is 6.61. The van der Waals surface area contributed by atoms with Gasteiger partial charge in [-0.25, -0.2) is 4.79 Å². The van der Waals surface area contributed by atoms with Crippen LogP contribution in [0, 0.1) is 0 Å². The predicted octanol–water partition coefficient (Wildman–Crippen LogP) is 2.22. The number of likely N-dealkylation sites (tertiary alicyclic amines) is 1. The Morgan fingerprint density at radius 2 is 2.09 bits per heavy atom. The van der Waals surface area contributed by atoms with Crippen molar-refractivity contribution >= 4 is 34.7 Å². The quantitative estimate of drug-likeness (QED) is 0.565. The van der Waals surface area contributed by atoms with E-state index in [1.165, 1.54) is 0 Å². The molecule has 0 unspecified atom stereocenters. The summed E-state index contributed by atoms with van der Waals surface area (Å²) >= 11 is 5.35. The second kappa shape index (κ2) is 8.69. The highest BCUT2D eigenvalue weighted by Crippen LogP contribution is 2.17. The zero-order chi connectivity index (χ0) is 16.7. The number of anilines is 2. The molecule has 0 bridgehead atoms. The smallest absolute Gasteiger partial charge is 0.409 e. The number of para-hydroxylation sites is 2. The predicted molar refractivity (Wildman–Crippen MR) is 96.7 cm³/mol. The summed E-state index contributed by atoms with van der Waals surface area (Å²) in [6.07, 6.45) is 1.58. The maximum atomic E-state index is 11.6. The van der Waals surface area contributed by atoms with Crippen LogP contribution in [0.5, 0.6) is 0 Å². The number of hydrogen-bond donors (Lipinski definition) is 3. The third-order valence-electron chi connectivity index (χ3n) is 3.81. The molecule has 7 heteroatoms. The summed E-state index contributed by atoms with van der Waals surface area (Å²) in [6, 6.07) is 7.90. The third-order valence-corrected chi connectivity index (χ3v) is 4.05. The second-order valence-corrected chi connectivity index (χ2v) is 5.97. The number of carbonyl (C=O) groups is 1. The molecule has 1 aromatic rings. The van der Waals surface area contributed by atoms with Crippen molar-refractivity contribution in [2.24, 2.45) is 0 Å². The molecule has 1 aliphatic rings. The summed E-state index contributed by atoms with van der Waals surface area (Å²) in [7, 11) is 0.